The number of nitrogens with zero attached hydrogens (tertiary/aromatic N) is 1. The molecular formula is C20H33NO5. The summed E-state index contributed by atoms with van der Waals surface area (Å²) in [4.78, 5) is 2.34. The monoisotopic (exact) mass is 367 g/mol. The third-order valence-corrected chi connectivity index (χ3v) is 4.72. The highest BCUT2D eigenvalue weighted by atomic mass is 16.5. The second-order valence-electron chi connectivity index (χ2n) is 7.37. The van der Waals surface area contributed by atoms with Crippen LogP contribution in [-0.4, -0.2) is 63.7 Å². The summed E-state index contributed by atoms with van der Waals surface area (Å²) in [5, 5.41) is 10.3. The van der Waals surface area contributed by atoms with Crippen LogP contribution in [0.2, 0.25) is 0 Å². The molecule has 0 radical (unpaired) electrons. The van der Waals surface area contributed by atoms with Crippen LogP contribution in [-0.2, 0) is 11.3 Å². The van der Waals surface area contributed by atoms with Gasteiger partial charge in [-0.2, -0.15) is 0 Å². The fourth-order valence-electron chi connectivity index (χ4n) is 3.82. The van der Waals surface area contributed by atoms with E-state index in [9.17, 15) is 5.11 Å². The van der Waals surface area contributed by atoms with Gasteiger partial charge in [0.05, 0.1) is 40.6 Å². The van der Waals surface area contributed by atoms with Gasteiger partial charge in [0, 0.05) is 19.6 Å². The maximum atomic E-state index is 10.3. The van der Waals surface area contributed by atoms with Crippen molar-refractivity contribution >= 4 is 0 Å². The summed E-state index contributed by atoms with van der Waals surface area (Å²) in [7, 11) is 4.76. The first-order valence-electron chi connectivity index (χ1n) is 9.23. The number of β-amino-alcohol motifs (C(OH)–C–C–N with tert-alkyl or cyclic N) is 1. The molecule has 148 valence electrons. The molecule has 0 amide bonds. The fourth-order valence-corrected chi connectivity index (χ4v) is 3.82. The molecule has 0 spiro atoms. The van der Waals surface area contributed by atoms with Gasteiger partial charge >= 0.3 is 0 Å². The van der Waals surface area contributed by atoms with Crippen LogP contribution in [0.1, 0.15) is 25.8 Å². The van der Waals surface area contributed by atoms with Crippen LogP contribution in [0.5, 0.6) is 17.2 Å². The lowest BCUT2D eigenvalue weighted by Gasteiger charge is -2.35. The Labute approximate surface area is 157 Å². The number of aliphatic hydroxyl groups excluding tert-OH is 1. The van der Waals surface area contributed by atoms with Crippen molar-refractivity contribution in [2.75, 3.05) is 47.6 Å². The second-order valence-corrected chi connectivity index (χ2v) is 7.37. The Bertz CT molecular complexity index is 530. The number of benzene rings is 1. The van der Waals surface area contributed by atoms with Gasteiger partial charge < -0.3 is 29.0 Å². The molecule has 1 aromatic rings. The van der Waals surface area contributed by atoms with Gasteiger partial charge in [-0.15, -0.1) is 0 Å². The average Bonchev–Trinajstić information content (AvgIpc) is 2.59. The van der Waals surface area contributed by atoms with Crippen LogP contribution < -0.4 is 14.2 Å². The number of methoxy groups -OCH3 is 3. The van der Waals surface area contributed by atoms with Crippen molar-refractivity contribution in [3.05, 3.63) is 17.7 Å². The average molecular weight is 367 g/mol. The highest BCUT2D eigenvalue weighted by Crippen LogP contribution is 2.38. The summed E-state index contributed by atoms with van der Waals surface area (Å²) in [6.45, 7) is 7.98. The van der Waals surface area contributed by atoms with E-state index in [1.54, 1.807) is 21.3 Å². The highest BCUT2D eigenvalue weighted by Gasteiger charge is 2.23. The Hall–Kier alpha value is -1.50. The van der Waals surface area contributed by atoms with E-state index < -0.39 is 6.10 Å². The largest absolute Gasteiger partial charge is 0.493 e. The molecular weight excluding hydrogens is 334 g/mol. The minimum absolute atomic E-state index is 0.302. The van der Waals surface area contributed by atoms with Crippen molar-refractivity contribution < 1.29 is 24.1 Å². The van der Waals surface area contributed by atoms with Crippen molar-refractivity contribution in [3.8, 4) is 17.2 Å². The summed E-state index contributed by atoms with van der Waals surface area (Å²) in [6.07, 6.45) is 0.777. The lowest BCUT2D eigenvalue weighted by molar-refractivity contribution is -0.000961. The first kappa shape index (κ1) is 20.8. The smallest absolute Gasteiger partial charge is 0.203 e. The first-order valence-corrected chi connectivity index (χ1v) is 9.23. The molecule has 0 bridgehead atoms. The number of ether oxygens (including phenoxy) is 4. The minimum atomic E-state index is -0.491. The normalized spacial score (nSPS) is 22.1. The number of likely N-dealkylation sites (tertiary alicyclic amines) is 1. The van der Waals surface area contributed by atoms with E-state index in [2.05, 4.69) is 18.7 Å². The lowest BCUT2D eigenvalue weighted by atomic mass is 9.92. The SMILES string of the molecule is COc1cc(COC[C@H](O)CN2C[C@H](C)C[C@H](C)C2)cc(OC)c1OC. The molecule has 0 unspecified atom stereocenters. The second kappa shape index (κ2) is 10.00. The molecule has 1 aromatic carbocycles. The summed E-state index contributed by atoms with van der Waals surface area (Å²) in [6, 6.07) is 3.73. The molecule has 2 rings (SSSR count). The zero-order chi connectivity index (χ0) is 19.1. The van der Waals surface area contributed by atoms with Gasteiger partial charge in [-0.3, -0.25) is 0 Å². The van der Waals surface area contributed by atoms with Gasteiger partial charge in [0.1, 0.15) is 0 Å². The van der Waals surface area contributed by atoms with Crippen LogP contribution in [0.4, 0.5) is 0 Å². The van der Waals surface area contributed by atoms with Crippen LogP contribution in [0.3, 0.4) is 0 Å². The molecule has 0 aliphatic carbocycles. The van der Waals surface area contributed by atoms with Crippen molar-refractivity contribution in [1.82, 2.24) is 4.90 Å². The Morgan fingerprint density at radius 1 is 1.04 bits per heavy atom. The molecule has 0 aromatic heterocycles. The topological polar surface area (TPSA) is 60.4 Å². The maximum Gasteiger partial charge on any atom is 0.203 e. The van der Waals surface area contributed by atoms with E-state index in [1.807, 2.05) is 12.1 Å². The van der Waals surface area contributed by atoms with Crippen LogP contribution in [0.15, 0.2) is 12.1 Å². The summed E-state index contributed by atoms with van der Waals surface area (Å²) in [5.74, 6) is 3.13. The molecule has 1 fully saturated rings. The van der Waals surface area contributed by atoms with Gasteiger partial charge in [0.25, 0.3) is 0 Å². The third kappa shape index (κ3) is 5.76. The number of piperidine rings is 1. The Balaban J connectivity index is 1.85. The molecule has 26 heavy (non-hydrogen) atoms. The van der Waals surface area contributed by atoms with E-state index in [-0.39, 0.29) is 0 Å². The minimum Gasteiger partial charge on any atom is -0.493 e. The predicted octanol–water partition coefficient (Wildman–Crippen LogP) is 2.57. The summed E-state index contributed by atoms with van der Waals surface area (Å²) < 4.78 is 21.7. The molecule has 1 aliphatic heterocycles. The molecule has 1 aliphatic rings. The third-order valence-electron chi connectivity index (χ3n) is 4.72. The van der Waals surface area contributed by atoms with Gasteiger partial charge in [-0.25, -0.2) is 0 Å². The molecule has 0 saturated carbocycles. The van der Waals surface area contributed by atoms with Crippen molar-refractivity contribution in [2.24, 2.45) is 11.8 Å². The lowest BCUT2D eigenvalue weighted by Crippen LogP contribution is -2.43. The van der Waals surface area contributed by atoms with Gasteiger partial charge in [0.15, 0.2) is 11.5 Å². The van der Waals surface area contributed by atoms with Crippen molar-refractivity contribution in [3.63, 3.8) is 0 Å². The molecule has 1 heterocycles. The molecule has 6 heteroatoms. The maximum absolute atomic E-state index is 10.3. The predicted molar refractivity (Wildman–Crippen MR) is 101 cm³/mol. The van der Waals surface area contributed by atoms with Crippen LogP contribution >= 0.6 is 0 Å². The number of hydrogen-bond acceptors (Lipinski definition) is 6. The molecule has 1 N–H and O–H groups in total. The van der Waals surface area contributed by atoms with Gasteiger partial charge in [0.2, 0.25) is 5.75 Å². The first-order chi connectivity index (χ1) is 12.5. The number of aliphatic hydroxyl groups is 1. The quantitative estimate of drug-likeness (QED) is 0.724. The molecule has 3 atom stereocenters. The highest BCUT2D eigenvalue weighted by molar-refractivity contribution is 5.53. The van der Waals surface area contributed by atoms with Gasteiger partial charge in [-0.05, 0) is 36.0 Å². The van der Waals surface area contributed by atoms with E-state index in [0.717, 1.165) is 18.7 Å². The molecule has 6 nitrogen and oxygen atoms in total. The Morgan fingerprint density at radius 3 is 2.12 bits per heavy atom. The van der Waals surface area contributed by atoms with Gasteiger partial charge in [-0.1, -0.05) is 13.8 Å². The number of rotatable bonds is 9. The van der Waals surface area contributed by atoms with Crippen LogP contribution in [0.25, 0.3) is 0 Å². The fraction of sp³-hybridized carbons (Fsp3) is 0.700. The van der Waals surface area contributed by atoms with E-state index >= 15 is 0 Å². The summed E-state index contributed by atoms with van der Waals surface area (Å²) >= 11 is 0. The van der Waals surface area contributed by atoms with Crippen molar-refractivity contribution in [2.45, 2.75) is 33.0 Å². The van der Waals surface area contributed by atoms with E-state index in [0.29, 0.717) is 48.8 Å². The van der Waals surface area contributed by atoms with E-state index in [1.165, 1.54) is 6.42 Å². The Morgan fingerprint density at radius 2 is 1.62 bits per heavy atom. The zero-order valence-electron chi connectivity index (χ0n) is 16.7. The van der Waals surface area contributed by atoms with E-state index in [4.69, 9.17) is 18.9 Å². The summed E-state index contributed by atoms with van der Waals surface area (Å²) in [5.41, 5.74) is 0.909. The Kier molecular flexibility index (Phi) is 8.00. The zero-order valence-corrected chi connectivity index (χ0v) is 16.7. The van der Waals surface area contributed by atoms with Crippen molar-refractivity contribution in [1.29, 1.82) is 0 Å². The standard InChI is InChI=1S/C20H33NO5/c1-14-6-15(2)10-21(9-14)11-17(22)13-26-12-16-7-18(23-3)20(25-5)19(8-16)24-4/h7-8,14-15,17,22H,6,9-13H2,1-5H3/t14-,15+,17-/m1/s1. The van der Waals surface area contributed by atoms with Crippen LogP contribution in [0, 0.1) is 11.8 Å². The number of hydrogen-bond donors (Lipinski definition) is 1. The molecule has 1 saturated heterocycles.